The average Bonchev–Trinajstić information content (AvgIpc) is 3.65. The molecule has 6 heteroatoms. The smallest absolute Gasteiger partial charge is 0.259 e. The van der Waals surface area contributed by atoms with Crippen LogP contribution >= 0.6 is 22.7 Å². The number of aromatic nitrogens is 2. The molecule has 0 spiro atoms. The first-order valence-corrected chi connectivity index (χ1v) is 16.3. The van der Waals surface area contributed by atoms with E-state index in [9.17, 15) is 9.59 Å². The van der Waals surface area contributed by atoms with Crippen molar-refractivity contribution in [1.29, 1.82) is 0 Å². The number of fused-ring (bicyclic) bond motifs is 1. The molecule has 0 aromatic carbocycles. The molecular formula is C32H42N2O2S2. The largest absolute Gasteiger partial charge is 0.306 e. The lowest BCUT2D eigenvalue weighted by molar-refractivity contribution is 0.551. The van der Waals surface area contributed by atoms with Gasteiger partial charge in [-0.25, -0.2) is 0 Å². The lowest BCUT2D eigenvalue weighted by Gasteiger charge is -2.18. The third-order valence-corrected chi connectivity index (χ3v) is 9.21. The Kier molecular flexibility index (Phi) is 11.0. The molecule has 0 aliphatic rings. The van der Waals surface area contributed by atoms with Crippen molar-refractivity contribution in [1.82, 2.24) is 9.13 Å². The van der Waals surface area contributed by atoms with Gasteiger partial charge in [-0.15, -0.1) is 22.7 Å². The first-order valence-electron chi connectivity index (χ1n) is 14.5. The first-order chi connectivity index (χ1) is 18.7. The number of hydrogen-bond donors (Lipinski definition) is 0. The SMILES string of the molecule is CCCCCCCCn1c(=O)c(-c2cccs2)cc2c1cc(-c1cccs1)c(=O)n2CCCCCCCC. The summed E-state index contributed by atoms with van der Waals surface area (Å²) in [5.74, 6) is 0. The highest BCUT2D eigenvalue weighted by Crippen LogP contribution is 2.29. The second-order valence-electron chi connectivity index (χ2n) is 10.3. The second-order valence-corrected chi connectivity index (χ2v) is 12.2. The van der Waals surface area contributed by atoms with Gasteiger partial charge in [0.25, 0.3) is 11.1 Å². The van der Waals surface area contributed by atoms with Gasteiger partial charge in [0.1, 0.15) is 0 Å². The zero-order chi connectivity index (χ0) is 26.7. The number of nitrogens with zero attached hydrogens (tertiary/aromatic N) is 2. The average molecular weight is 551 g/mol. The third-order valence-electron chi connectivity index (χ3n) is 7.40. The Morgan fingerprint density at radius 1 is 0.579 bits per heavy atom. The van der Waals surface area contributed by atoms with Gasteiger partial charge in [-0.2, -0.15) is 0 Å². The van der Waals surface area contributed by atoms with Gasteiger partial charge in [-0.3, -0.25) is 9.59 Å². The van der Waals surface area contributed by atoms with E-state index in [1.54, 1.807) is 22.7 Å². The van der Waals surface area contributed by atoms with Gasteiger partial charge >= 0.3 is 0 Å². The lowest BCUT2D eigenvalue weighted by Crippen LogP contribution is -2.28. The Labute approximate surface area is 235 Å². The fourth-order valence-electron chi connectivity index (χ4n) is 5.25. The van der Waals surface area contributed by atoms with Crippen LogP contribution in [0.5, 0.6) is 0 Å². The molecule has 4 heterocycles. The fraction of sp³-hybridized carbons (Fsp3) is 0.500. The summed E-state index contributed by atoms with van der Waals surface area (Å²) in [6.07, 6.45) is 14.1. The monoisotopic (exact) mass is 550 g/mol. The summed E-state index contributed by atoms with van der Waals surface area (Å²) in [4.78, 5) is 29.7. The van der Waals surface area contributed by atoms with Gasteiger partial charge in [0, 0.05) is 22.8 Å². The van der Waals surface area contributed by atoms with Crippen LogP contribution in [0.3, 0.4) is 0 Å². The molecule has 38 heavy (non-hydrogen) atoms. The molecule has 204 valence electrons. The summed E-state index contributed by atoms with van der Waals surface area (Å²) in [6, 6.07) is 12.0. The van der Waals surface area contributed by atoms with Crippen LogP contribution in [-0.4, -0.2) is 9.13 Å². The van der Waals surface area contributed by atoms with E-state index in [0.29, 0.717) is 24.2 Å². The molecule has 0 radical (unpaired) electrons. The summed E-state index contributed by atoms with van der Waals surface area (Å²) in [6.45, 7) is 5.83. The van der Waals surface area contributed by atoms with Crippen molar-refractivity contribution in [3.8, 4) is 20.9 Å². The molecule has 0 bridgehead atoms. The van der Waals surface area contributed by atoms with Crippen LogP contribution in [0.2, 0.25) is 0 Å². The summed E-state index contributed by atoms with van der Waals surface area (Å²) >= 11 is 3.17. The topological polar surface area (TPSA) is 44.0 Å². The van der Waals surface area contributed by atoms with Gasteiger partial charge in [0.2, 0.25) is 0 Å². The van der Waals surface area contributed by atoms with E-state index in [4.69, 9.17) is 0 Å². The maximum atomic E-state index is 13.9. The minimum absolute atomic E-state index is 0.0513. The number of pyridine rings is 2. The molecule has 0 fully saturated rings. The molecule has 4 aromatic heterocycles. The van der Waals surface area contributed by atoms with E-state index < -0.39 is 0 Å². The zero-order valence-corrected chi connectivity index (χ0v) is 24.7. The van der Waals surface area contributed by atoms with Crippen LogP contribution in [0.15, 0.2) is 56.7 Å². The molecule has 0 unspecified atom stereocenters. The molecule has 0 atom stereocenters. The van der Waals surface area contributed by atoms with Gasteiger partial charge in [-0.1, -0.05) is 90.2 Å². The Balaban J connectivity index is 1.78. The molecule has 0 N–H and O–H groups in total. The summed E-state index contributed by atoms with van der Waals surface area (Å²) in [5, 5.41) is 4.03. The standard InChI is InChI=1S/C32H42N2O2S2/c1-3-5-7-9-11-13-19-33-27-23-26(30-18-16-22-38-30)32(36)34(20-14-12-10-8-6-4-2)28(27)24-25(31(33)35)29-17-15-21-37-29/h15-18,21-24H,3-14,19-20H2,1-2H3. The predicted molar refractivity (Wildman–Crippen MR) is 166 cm³/mol. The highest BCUT2D eigenvalue weighted by Gasteiger charge is 2.18. The van der Waals surface area contributed by atoms with Crippen molar-refractivity contribution in [2.75, 3.05) is 0 Å². The minimum Gasteiger partial charge on any atom is -0.306 e. The molecule has 0 aliphatic carbocycles. The van der Waals surface area contributed by atoms with Crippen molar-refractivity contribution >= 4 is 33.7 Å². The highest BCUT2D eigenvalue weighted by molar-refractivity contribution is 7.13. The number of hydrogen-bond acceptors (Lipinski definition) is 4. The quantitative estimate of drug-likeness (QED) is 0.130. The van der Waals surface area contributed by atoms with E-state index in [0.717, 1.165) is 46.5 Å². The normalized spacial score (nSPS) is 11.5. The van der Waals surface area contributed by atoms with Crippen LogP contribution in [0.4, 0.5) is 0 Å². The van der Waals surface area contributed by atoms with E-state index in [1.807, 2.05) is 56.3 Å². The number of unbranched alkanes of at least 4 members (excludes halogenated alkanes) is 10. The van der Waals surface area contributed by atoms with Crippen LogP contribution in [0.1, 0.15) is 90.9 Å². The Bertz CT molecular complexity index is 1270. The van der Waals surface area contributed by atoms with E-state index in [-0.39, 0.29) is 11.1 Å². The maximum Gasteiger partial charge on any atom is 0.259 e. The molecule has 4 nitrogen and oxygen atoms in total. The molecule has 0 amide bonds. The van der Waals surface area contributed by atoms with E-state index in [1.165, 1.54) is 51.4 Å². The van der Waals surface area contributed by atoms with Crippen LogP contribution in [-0.2, 0) is 13.1 Å². The molecule has 0 saturated heterocycles. The van der Waals surface area contributed by atoms with Gasteiger partial charge < -0.3 is 9.13 Å². The molecular weight excluding hydrogens is 508 g/mol. The highest BCUT2D eigenvalue weighted by atomic mass is 32.1. The van der Waals surface area contributed by atoms with Crippen molar-refractivity contribution in [2.24, 2.45) is 0 Å². The second kappa shape index (κ2) is 14.6. The number of thiophene rings is 2. The van der Waals surface area contributed by atoms with Gasteiger partial charge in [0.15, 0.2) is 0 Å². The molecule has 0 saturated carbocycles. The summed E-state index contributed by atoms with van der Waals surface area (Å²) in [5.41, 5.74) is 3.29. The molecule has 4 aromatic rings. The Hall–Kier alpha value is -2.44. The fourth-order valence-corrected chi connectivity index (χ4v) is 6.72. The van der Waals surface area contributed by atoms with Crippen molar-refractivity contribution < 1.29 is 0 Å². The van der Waals surface area contributed by atoms with Crippen molar-refractivity contribution in [2.45, 2.75) is 104 Å². The summed E-state index contributed by atoms with van der Waals surface area (Å²) in [7, 11) is 0. The van der Waals surface area contributed by atoms with Crippen molar-refractivity contribution in [3.05, 3.63) is 67.9 Å². The molecule has 0 aliphatic heterocycles. The van der Waals surface area contributed by atoms with Gasteiger partial charge in [-0.05, 0) is 47.9 Å². The maximum absolute atomic E-state index is 13.9. The molecule has 4 rings (SSSR count). The van der Waals surface area contributed by atoms with Crippen molar-refractivity contribution in [3.63, 3.8) is 0 Å². The summed E-state index contributed by atoms with van der Waals surface area (Å²) < 4.78 is 3.91. The third kappa shape index (κ3) is 6.95. The van der Waals surface area contributed by atoms with E-state index in [2.05, 4.69) is 13.8 Å². The minimum atomic E-state index is 0.0513. The zero-order valence-electron chi connectivity index (χ0n) is 23.0. The number of aryl methyl sites for hydroxylation is 2. The van der Waals surface area contributed by atoms with Crippen LogP contribution in [0, 0.1) is 0 Å². The van der Waals surface area contributed by atoms with Crippen LogP contribution < -0.4 is 11.1 Å². The van der Waals surface area contributed by atoms with Gasteiger partial charge in [0.05, 0.1) is 22.2 Å². The number of rotatable bonds is 16. The Morgan fingerprint density at radius 3 is 1.34 bits per heavy atom. The van der Waals surface area contributed by atoms with Crippen LogP contribution in [0.25, 0.3) is 31.9 Å². The lowest BCUT2D eigenvalue weighted by atomic mass is 10.1. The van der Waals surface area contributed by atoms with E-state index >= 15 is 0 Å². The Morgan fingerprint density at radius 2 is 0.974 bits per heavy atom. The predicted octanol–water partition coefficient (Wildman–Crippen LogP) is 9.34. The first kappa shape index (κ1) is 28.6.